The van der Waals surface area contributed by atoms with Gasteiger partial charge in [0.2, 0.25) is 0 Å². The number of nitrogens with zero attached hydrogens (tertiary/aromatic N) is 5. The summed E-state index contributed by atoms with van der Waals surface area (Å²) in [5.74, 6) is 1.20. The Hall–Kier alpha value is -4.01. The first-order valence-corrected chi connectivity index (χ1v) is 9.44. The molecule has 0 bridgehead atoms. The third-order valence-corrected chi connectivity index (χ3v) is 4.44. The number of hydrogen-bond donors (Lipinski definition) is 0. The van der Waals surface area contributed by atoms with Gasteiger partial charge in [-0.3, -0.25) is 0 Å². The maximum absolute atomic E-state index is 13.1. The number of aromatic nitrogens is 5. The Labute approximate surface area is 178 Å². The van der Waals surface area contributed by atoms with Crippen LogP contribution in [0.25, 0.3) is 5.69 Å². The molecule has 31 heavy (non-hydrogen) atoms. The van der Waals surface area contributed by atoms with Crippen LogP contribution in [0.2, 0.25) is 0 Å². The molecule has 2 heterocycles. The summed E-state index contributed by atoms with van der Waals surface area (Å²) in [5, 5.41) is 0. The van der Waals surface area contributed by atoms with Gasteiger partial charge in [-0.15, -0.1) is 4.98 Å². The minimum absolute atomic E-state index is 0.0611. The summed E-state index contributed by atoms with van der Waals surface area (Å²) in [6.45, 7) is 1.93. The minimum atomic E-state index is -0.357. The van der Waals surface area contributed by atoms with E-state index in [0.29, 0.717) is 23.7 Å². The van der Waals surface area contributed by atoms with Crippen LogP contribution in [0.4, 0.5) is 4.39 Å². The normalized spacial score (nSPS) is 10.7. The molecule has 2 aromatic carbocycles. The molecule has 0 aliphatic heterocycles. The average Bonchev–Trinajstić information content (AvgIpc) is 3.21. The molecule has 0 unspecified atom stereocenters. The zero-order chi connectivity index (χ0) is 21.8. The summed E-state index contributed by atoms with van der Waals surface area (Å²) in [4.78, 5) is 17.0. The van der Waals surface area contributed by atoms with Gasteiger partial charge >= 0.3 is 12.0 Å². The van der Waals surface area contributed by atoms with Gasteiger partial charge in [0.15, 0.2) is 0 Å². The topological polar surface area (TPSA) is 84.2 Å². The number of rotatable bonds is 7. The summed E-state index contributed by atoms with van der Waals surface area (Å²) in [7, 11) is 3.08. The van der Waals surface area contributed by atoms with Gasteiger partial charge in [0, 0.05) is 12.6 Å². The van der Waals surface area contributed by atoms with E-state index in [9.17, 15) is 4.39 Å². The van der Waals surface area contributed by atoms with Crippen molar-refractivity contribution in [3.63, 3.8) is 0 Å². The predicted molar refractivity (Wildman–Crippen MR) is 111 cm³/mol. The summed E-state index contributed by atoms with van der Waals surface area (Å²) >= 11 is 0. The summed E-state index contributed by atoms with van der Waals surface area (Å²) in [6.07, 6.45) is 4.06. The zero-order valence-electron chi connectivity index (χ0n) is 17.2. The van der Waals surface area contributed by atoms with Crippen molar-refractivity contribution in [2.45, 2.75) is 13.3 Å². The van der Waals surface area contributed by atoms with Crippen molar-refractivity contribution in [2.75, 3.05) is 14.2 Å². The second-order valence-electron chi connectivity index (χ2n) is 6.68. The maximum Gasteiger partial charge on any atom is 0.328 e. The molecule has 0 atom stereocenters. The van der Waals surface area contributed by atoms with E-state index in [-0.39, 0.29) is 17.8 Å². The third-order valence-electron chi connectivity index (χ3n) is 4.44. The monoisotopic (exact) mass is 421 g/mol. The van der Waals surface area contributed by atoms with Gasteiger partial charge in [0.05, 0.1) is 31.9 Å². The predicted octanol–water partition coefficient (Wildman–Crippen LogP) is 3.91. The number of ether oxygens (including phenoxy) is 3. The Balaban J connectivity index is 1.60. The Morgan fingerprint density at radius 1 is 0.935 bits per heavy atom. The average molecular weight is 421 g/mol. The molecular formula is C22H20FN5O3. The number of hydrogen-bond acceptors (Lipinski definition) is 7. The first-order chi connectivity index (χ1) is 15.0. The quantitative estimate of drug-likeness (QED) is 0.447. The summed E-state index contributed by atoms with van der Waals surface area (Å²) < 4.78 is 31.4. The second-order valence-corrected chi connectivity index (χ2v) is 6.68. The van der Waals surface area contributed by atoms with E-state index >= 15 is 0 Å². The van der Waals surface area contributed by atoms with Crippen LogP contribution >= 0.6 is 0 Å². The third kappa shape index (κ3) is 4.77. The molecule has 0 N–H and O–H groups in total. The van der Waals surface area contributed by atoms with Gasteiger partial charge < -0.3 is 18.8 Å². The van der Waals surface area contributed by atoms with E-state index in [1.807, 2.05) is 35.9 Å². The Morgan fingerprint density at radius 3 is 2.39 bits per heavy atom. The van der Waals surface area contributed by atoms with Crippen molar-refractivity contribution in [1.29, 1.82) is 0 Å². The molecular weight excluding hydrogens is 401 g/mol. The van der Waals surface area contributed by atoms with Gasteiger partial charge in [-0.25, -0.2) is 9.37 Å². The van der Waals surface area contributed by atoms with Crippen LogP contribution in [0.15, 0.2) is 55.0 Å². The summed E-state index contributed by atoms with van der Waals surface area (Å²) in [5.41, 5.74) is 2.72. The van der Waals surface area contributed by atoms with E-state index < -0.39 is 0 Å². The van der Waals surface area contributed by atoms with Crippen LogP contribution in [0.3, 0.4) is 0 Å². The molecule has 158 valence electrons. The first-order valence-electron chi connectivity index (χ1n) is 9.44. The van der Waals surface area contributed by atoms with Crippen molar-refractivity contribution in [3.8, 4) is 29.2 Å². The first kappa shape index (κ1) is 20.3. The van der Waals surface area contributed by atoms with Gasteiger partial charge in [-0.1, -0.05) is 6.07 Å². The van der Waals surface area contributed by atoms with Crippen molar-refractivity contribution in [2.24, 2.45) is 0 Å². The van der Waals surface area contributed by atoms with Gasteiger partial charge in [-0.05, 0) is 48.9 Å². The van der Waals surface area contributed by atoms with Crippen LogP contribution in [0.1, 0.15) is 17.1 Å². The number of aryl methyl sites for hydroxylation is 1. The molecule has 0 spiro atoms. The van der Waals surface area contributed by atoms with Gasteiger partial charge in [-0.2, -0.15) is 9.97 Å². The van der Waals surface area contributed by atoms with Gasteiger partial charge in [0.1, 0.15) is 23.1 Å². The van der Waals surface area contributed by atoms with E-state index in [0.717, 1.165) is 16.9 Å². The number of methoxy groups -OCH3 is 2. The fraction of sp³-hybridized carbons (Fsp3) is 0.182. The molecule has 2 aromatic heterocycles. The van der Waals surface area contributed by atoms with E-state index in [1.165, 1.54) is 31.4 Å². The Morgan fingerprint density at radius 2 is 1.71 bits per heavy atom. The smallest absolute Gasteiger partial charge is 0.328 e. The molecule has 0 saturated heterocycles. The van der Waals surface area contributed by atoms with Crippen LogP contribution in [-0.2, 0) is 6.42 Å². The van der Waals surface area contributed by atoms with Crippen molar-refractivity contribution in [1.82, 2.24) is 24.5 Å². The standard InChI is InChI=1S/C22H20FN5O3/c1-14-12-28(13-24-14)18-9-4-15(10-19(18)29-2)11-20-25-21(30-3)27-22(26-20)31-17-7-5-16(23)6-8-17/h4-10,12-13H,11H2,1-3H3. The van der Waals surface area contributed by atoms with Crippen LogP contribution < -0.4 is 14.2 Å². The lowest BCUT2D eigenvalue weighted by molar-refractivity contribution is 0.356. The highest BCUT2D eigenvalue weighted by atomic mass is 19.1. The molecule has 4 aromatic rings. The molecule has 0 fully saturated rings. The zero-order valence-corrected chi connectivity index (χ0v) is 17.2. The van der Waals surface area contributed by atoms with Crippen molar-refractivity contribution in [3.05, 3.63) is 77.9 Å². The van der Waals surface area contributed by atoms with Crippen molar-refractivity contribution >= 4 is 0 Å². The molecule has 0 amide bonds. The molecule has 4 rings (SSSR count). The van der Waals surface area contributed by atoms with Crippen LogP contribution in [-0.4, -0.2) is 38.7 Å². The highest BCUT2D eigenvalue weighted by Gasteiger charge is 2.12. The maximum atomic E-state index is 13.1. The van der Waals surface area contributed by atoms with Gasteiger partial charge in [0.25, 0.3) is 0 Å². The number of imidazole rings is 1. The van der Waals surface area contributed by atoms with Crippen molar-refractivity contribution < 1.29 is 18.6 Å². The number of halogens is 1. The molecule has 0 aliphatic carbocycles. The Bertz CT molecular complexity index is 1190. The van der Waals surface area contributed by atoms with Crippen LogP contribution in [0, 0.1) is 12.7 Å². The van der Waals surface area contributed by atoms with E-state index in [4.69, 9.17) is 14.2 Å². The largest absolute Gasteiger partial charge is 0.495 e. The summed E-state index contributed by atoms with van der Waals surface area (Å²) in [6, 6.07) is 11.6. The molecule has 8 nitrogen and oxygen atoms in total. The lowest BCUT2D eigenvalue weighted by atomic mass is 10.1. The highest BCUT2D eigenvalue weighted by molar-refractivity contribution is 5.49. The molecule has 0 aliphatic rings. The second kappa shape index (κ2) is 8.78. The fourth-order valence-electron chi connectivity index (χ4n) is 2.98. The van der Waals surface area contributed by atoms with Crippen LogP contribution in [0.5, 0.6) is 23.5 Å². The van der Waals surface area contributed by atoms with E-state index in [2.05, 4.69) is 19.9 Å². The highest BCUT2D eigenvalue weighted by Crippen LogP contribution is 2.26. The van der Waals surface area contributed by atoms with E-state index in [1.54, 1.807) is 13.4 Å². The lowest BCUT2D eigenvalue weighted by Crippen LogP contribution is -2.05. The Kier molecular flexibility index (Phi) is 5.74. The molecule has 9 heteroatoms. The molecule has 0 radical (unpaired) electrons. The fourth-order valence-corrected chi connectivity index (χ4v) is 2.98. The SMILES string of the molecule is COc1nc(Cc2ccc(-n3cnc(C)c3)c(OC)c2)nc(Oc2ccc(F)cc2)n1. The number of benzene rings is 2. The lowest BCUT2D eigenvalue weighted by Gasteiger charge is -2.12. The molecule has 0 saturated carbocycles. The minimum Gasteiger partial charge on any atom is -0.495 e.